The molecule has 6 atom stereocenters. The van der Waals surface area contributed by atoms with Gasteiger partial charge in [-0.05, 0) is 43.4 Å². The number of imidazole rings is 2. The molecular weight excluding hydrogens is 893 g/mol. The van der Waals surface area contributed by atoms with Gasteiger partial charge in [-0.25, -0.2) is 46.9 Å². The number of nitrogens with one attached hydrogen (secondary N) is 2. The van der Waals surface area contributed by atoms with Crippen molar-refractivity contribution in [2.45, 2.75) is 69.3 Å². The number of hydrogen-bond donors (Lipinski definition) is 3. The van der Waals surface area contributed by atoms with Gasteiger partial charge in [0.05, 0.1) is 97.6 Å². The van der Waals surface area contributed by atoms with Gasteiger partial charge in [-0.3, -0.25) is 14.4 Å². The minimum Gasteiger partial charge on any atom is -0.390 e. The van der Waals surface area contributed by atoms with E-state index in [0.29, 0.717) is 34.7 Å². The van der Waals surface area contributed by atoms with Crippen molar-refractivity contribution < 1.29 is 37.1 Å². The number of rotatable bonds is 12. The lowest BCUT2D eigenvalue weighted by Gasteiger charge is -2.22. The molecule has 4 aliphatic carbocycles. The molecule has 3 N–H and O–H groups in total. The Morgan fingerprint density at radius 1 is 0.706 bits per heavy atom. The van der Waals surface area contributed by atoms with Crippen LogP contribution in [-0.4, -0.2) is 120 Å². The highest BCUT2D eigenvalue weighted by Gasteiger charge is 2.72. The fraction of sp³-hybridized carbons (Fsp3) is 0.477. The van der Waals surface area contributed by atoms with Crippen LogP contribution in [0, 0.1) is 23.7 Å². The van der Waals surface area contributed by atoms with Crippen LogP contribution >= 0.6 is 0 Å². The molecule has 12 rings (SSSR count). The number of piperidine rings is 2. The van der Waals surface area contributed by atoms with Crippen LogP contribution < -0.4 is 20.4 Å². The lowest BCUT2D eigenvalue weighted by molar-refractivity contribution is 0.0791. The largest absolute Gasteiger partial charge is 0.390 e. The molecule has 6 aromatic heterocycles. The first kappa shape index (κ1) is 43.5. The van der Waals surface area contributed by atoms with Crippen LogP contribution in [0.15, 0.2) is 49.3 Å². The van der Waals surface area contributed by atoms with E-state index >= 15 is 0 Å². The van der Waals surface area contributed by atoms with E-state index in [9.17, 15) is 37.1 Å². The second-order valence-corrected chi connectivity index (χ2v) is 18.5. The quantitative estimate of drug-likeness (QED) is 0.119. The van der Waals surface area contributed by atoms with Crippen LogP contribution in [0.1, 0.15) is 96.0 Å². The second-order valence-electron chi connectivity index (χ2n) is 18.5. The number of nitrogens with zero attached hydrogens (tertiary/aromatic N) is 14. The summed E-state index contributed by atoms with van der Waals surface area (Å²) in [6.45, 7) is 1.19. The van der Waals surface area contributed by atoms with Gasteiger partial charge in [0.15, 0.2) is 17.7 Å². The maximum atomic E-state index is 13.5. The molecule has 0 spiro atoms. The highest BCUT2D eigenvalue weighted by atomic mass is 19.3. The Bertz CT molecular complexity index is 2940. The van der Waals surface area contributed by atoms with Crippen LogP contribution in [0.3, 0.4) is 0 Å². The van der Waals surface area contributed by atoms with Gasteiger partial charge in [0, 0.05) is 57.2 Å². The Morgan fingerprint density at radius 2 is 1.16 bits per heavy atom. The summed E-state index contributed by atoms with van der Waals surface area (Å²) < 4.78 is 60.8. The number of aldehydes is 1. The lowest BCUT2D eigenvalue weighted by Crippen LogP contribution is -2.28. The van der Waals surface area contributed by atoms with Gasteiger partial charge in [0.25, 0.3) is 23.7 Å². The summed E-state index contributed by atoms with van der Waals surface area (Å²) in [5.74, 6) is -7.14. The van der Waals surface area contributed by atoms with Gasteiger partial charge >= 0.3 is 0 Å². The van der Waals surface area contributed by atoms with Gasteiger partial charge in [0.2, 0.25) is 0 Å². The molecule has 2 aliphatic heterocycles. The lowest BCUT2D eigenvalue weighted by atomic mass is 10.2. The fourth-order valence-electron chi connectivity index (χ4n) is 10.3. The van der Waals surface area contributed by atoms with Crippen molar-refractivity contribution in [3.63, 3.8) is 0 Å². The van der Waals surface area contributed by atoms with E-state index in [1.54, 1.807) is 48.0 Å². The maximum absolute atomic E-state index is 13.5. The van der Waals surface area contributed by atoms with Crippen molar-refractivity contribution in [3.05, 3.63) is 106 Å². The summed E-state index contributed by atoms with van der Waals surface area (Å²) in [6, 6.07) is 6.72. The minimum atomic E-state index is -2.57. The number of aliphatic hydroxyl groups excluding tert-OH is 1. The van der Waals surface area contributed by atoms with Crippen LogP contribution in [0.25, 0.3) is 0 Å². The van der Waals surface area contributed by atoms with E-state index in [1.807, 2.05) is 28.1 Å². The van der Waals surface area contributed by atoms with E-state index in [1.165, 1.54) is 15.6 Å². The third-order valence-electron chi connectivity index (χ3n) is 14.4. The van der Waals surface area contributed by atoms with Crippen molar-refractivity contribution in [1.29, 1.82) is 0 Å². The first-order chi connectivity index (χ1) is 32.7. The molecule has 0 radical (unpaired) electrons. The topological polar surface area (TPSA) is 225 Å². The number of halogens is 4. The molecule has 6 aromatic rings. The van der Waals surface area contributed by atoms with Gasteiger partial charge in [-0.2, -0.15) is 0 Å². The van der Waals surface area contributed by atoms with Gasteiger partial charge in [-0.15, -0.1) is 10.2 Å². The van der Waals surface area contributed by atoms with E-state index in [2.05, 4.69) is 51.2 Å². The third kappa shape index (κ3) is 7.62. The zero-order chi connectivity index (χ0) is 47.2. The predicted octanol–water partition coefficient (Wildman–Crippen LogP) is 2.45. The van der Waals surface area contributed by atoms with Crippen LogP contribution in [-0.2, 0) is 46.6 Å². The third-order valence-corrected chi connectivity index (χ3v) is 14.4. The molecule has 354 valence electrons. The van der Waals surface area contributed by atoms with Crippen LogP contribution in [0.5, 0.6) is 0 Å². The summed E-state index contributed by atoms with van der Waals surface area (Å²) in [7, 11) is 3.87. The molecule has 2 saturated heterocycles. The molecule has 24 heteroatoms. The molecule has 6 aliphatic rings. The summed E-state index contributed by atoms with van der Waals surface area (Å²) in [5.41, 5.74) is 6.33. The predicted molar refractivity (Wildman–Crippen MR) is 230 cm³/mol. The summed E-state index contributed by atoms with van der Waals surface area (Å²) in [6.07, 6.45) is 10.5. The first-order valence-corrected chi connectivity index (χ1v) is 22.4. The minimum absolute atomic E-state index is 0.150. The number of amides is 2. The number of aryl methyl sites for hydroxylation is 2. The number of aliphatic hydroxyl groups is 1. The number of anilines is 2. The van der Waals surface area contributed by atoms with E-state index in [4.69, 9.17) is 0 Å². The van der Waals surface area contributed by atoms with Gasteiger partial charge < -0.3 is 34.7 Å². The molecule has 0 aromatic carbocycles. The Balaban J connectivity index is 0.000000149. The fourth-order valence-corrected chi connectivity index (χ4v) is 10.3. The summed E-state index contributed by atoms with van der Waals surface area (Å²) >= 11 is 0. The first-order valence-electron chi connectivity index (χ1n) is 22.4. The van der Waals surface area contributed by atoms with E-state index in [-0.39, 0.29) is 86.9 Å². The average molecular weight is 939 g/mol. The van der Waals surface area contributed by atoms with Crippen LogP contribution in [0.4, 0.5) is 29.2 Å². The van der Waals surface area contributed by atoms with Crippen molar-refractivity contribution in [1.82, 2.24) is 69.7 Å². The molecular formula is C44H46F4N16O4. The molecule has 20 nitrogen and oxygen atoms in total. The number of pyridine rings is 2. The Kier molecular flexibility index (Phi) is 10.4. The molecule has 68 heavy (non-hydrogen) atoms. The Hall–Kier alpha value is -7.11. The SMILES string of the molecule is Cn1cnc2c1CC[C@H]2NC(=O)c1cn(Cc2ccc(N3CC4C(C3)C4(F)F)nc2C=O)nn1.Cn1cnc2c1CC[C@H]2NC(=O)c1cn(Cc2ccc(N3CC4C(C3)C4(F)F)nc2CO)nn1. The number of aromatic nitrogens is 12. The number of carbonyl (C=O) groups excluding carboxylic acids is 3. The Labute approximate surface area is 384 Å². The van der Waals surface area contributed by atoms with Crippen molar-refractivity contribution in [2.75, 3.05) is 36.0 Å². The smallest absolute Gasteiger partial charge is 0.274 e. The summed E-state index contributed by atoms with van der Waals surface area (Å²) in [4.78, 5) is 58.3. The maximum Gasteiger partial charge on any atom is 0.274 e. The number of carbonyl (C=O) groups is 3. The van der Waals surface area contributed by atoms with Crippen LogP contribution in [0.2, 0.25) is 0 Å². The zero-order valence-corrected chi connectivity index (χ0v) is 36.9. The van der Waals surface area contributed by atoms with Crippen molar-refractivity contribution >= 4 is 29.7 Å². The molecule has 4 unspecified atom stereocenters. The monoisotopic (exact) mass is 938 g/mol. The van der Waals surface area contributed by atoms with E-state index in [0.717, 1.165) is 48.5 Å². The number of alkyl halides is 4. The molecule has 4 fully saturated rings. The summed E-state index contributed by atoms with van der Waals surface area (Å²) in [5, 5.41) is 31.8. The standard InChI is InChI=1S/C22H24F2N8O2.C22H22F2N8O2/c2*1-30-11-25-20-15(3-4-18(20)30)27-21(34)16-9-32(29-28-16)6-12-2-5-19(26-17(12)10-33)31-7-13-14(8-31)22(13,23)24/h2,5,9,11,13-15,33H,3-4,6-8,10H2,1H3,(H,27,34);2,5,9-11,13-15H,3-4,6-8H2,1H3,(H,27,34)/t2*13?,14?,15-/m11/s1. The van der Waals surface area contributed by atoms with Crippen molar-refractivity contribution in [2.24, 2.45) is 37.8 Å². The Morgan fingerprint density at radius 3 is 1.63 bits per heavy atom. The molecule has 2 saturated carbocycles. The molecule has 8 heterocycles. The number of hydrogen-bond acceptors (Lipinski definition) is 14. The average Bonchev–Trinajstić information content (AvgIpc) is 4.11. The molecule has 0 bridgehead atoms. The highest BCUT2D eigenvalue weighted by molar-refractivity contribution is 5.92. The molecule has 2 amide bonds. The van der Waals surface area contributed by atoms with Crippen molar-refractivity contribution in [3.8, 4) is 0 Å². The number of fused-ring (bicyclic) bond motifs is 4. The zero-order valence-electron chi connectivity index (χ0n) is 36.9. The van der Waals surface area contributed by atoms with Gasteiger partial charge in [0.1, 0.15) is 17.3 Å². The van der Waals surface area contributed by atoms with E-state index < -0.39 is 35.5 Å². The normalized spacial score (nSPS) is 24.2. The highest BCUT2D eigenvalue weighted by Crippen LogP contribution is 2.60. The second kappa shape index (κ2) is 16.3. The van der Waals surface area contributed by atoms with Gasteiger partial charge in [-0.1, -0.05) is 22.6 Å².